The summed E-state index contributed by atoms with van der Waals surface area (Å²) in [5, 5.41) is 3.36. The van der Waals surface area contributed by atoms with Crippen molar-refractivity contribution in [3.63, 3.8) is 0 Å². The first kappa shape index (κ1) is 10.1. The van der Waals surface area contributed by atoms with Gasteiger partial charge in [-0.2, -0.15) is 0 Å². The molecule has 1 aliphatic carbocycles. The van der Waals surface area contributed by atoms with Gasteiger partial charge in [-0.05, 0) is 45.8 Å². The number of rotatable bonds is 2. The Labute approximate surface area is 85.8 Å². The molecular weight excluding hydrogens is 176 g/mol. The van der Waals surface area contributed by atoms with Gasteiger partial charge in [-0.25, -0.2) is 0 Å². The van der Waals surface area contributed by atoms with Crippen molar-refractivity contribution in [2.75, 3.05) is 20.1 Å². The molecule has 0 bridgehead atoms. The third kappa shape index (κ3) is 1.98. The minimum Gasteiger partial charge on any atom is -0.317 e. The summed E-state index contributed by atoms with van der Waals surface area (Å²) in [5.74, 6) is 0.464. The van der Waals surface area contributed by atoms with E-state index >= 15 is 0 Å². The highest BCUT2D eigenvalue weighted by Crippen LogP contribution is 2.23. The number of Topliss-reactive ketones (excluding diaryl/α,β-unsaturated/α-hetero) is 1. The van der Waals surface area contributed by atoms with Crippen molar-refractivity contribution in [2.24, 2.45) is 0 Å². The number of hydrogen-bond acceptors (Lipinski definition) is 3. The Morgan fingerprint density at radius 3 is 2.57 bits per heavy atom. The largest absolute Gasteiger partial charge is 0.317 e. The van der Waals surface area contributed by atoms with Crippen LogP contribution >= 0.6 is 0 Å². The number of ketones is 1. The molecule has 80 valence electrons. The van der Waals surface area contributed by atoms with Crippen LogP contribution in [-0.4, -0.2) is 42.9 Å². The van der Waals surface area contributed by atoms with E-state index in [4.69, 9.17) is 0 Å². The molecule has 1 heterocycles. The lowest BCUT2D eigenvalue weighted by Crippen LogP contribution is -2.47. The van der Waals surface area contributed by atoms with E-state index in [0.29, 0.717) is 11.8 Å². The van der Waals surface area contributed by atoms with E-state index in [0.717, 1.165) is 32.4 Å². The Balaban J connectivity index is 1.92. The van der Waals surface area contributed by atoms with E-state index in [9.17, 15) is 4.79 Å². The highest BCUT2D eigenvalue weighted by atomic mass is 16.1. The van der Waals surface area contributed by atoms with Crippen LogP contribution in [0.5, 0.6) is 0 Å². The maximum absolute atomic E-state index is 11.6. The van der Waals surface area contributed by atoms with Crippen molar-refractivity contribution in [1.29, 1.82) is 0 Å². The number of carbonyl (C=O) groups is 1. The molecule has 3 heteroatoms. The summed E-state index contributed by atoms with van der Waals surface area (Å²) >= 11 is 0. The van der Waals surface area contributed by atoms with Gasteiger partial charge in [0.05, 0.1) is 6.04 Å². The van der Waals surface area contributed by atoms with Gasteiger partial charge in [0, 0.05) is 12.5 Å². The Morgan fingerprint density at radius 2 is 2.00 bits per heavy atom. The van der Waals surface area contributed by atoms with Gasteiger partial charge in [0.15, 0.2) is 0 Å². The summed E-state index contributed by atoms with van der Waals surface area (Å²) in [6.07, 6.45) is 5.37. The number of piperidine rings is 1. The summed E-state index contributed by atoms with van der Waals surface area (Å²) in [4.78, 5) is 13.9. The minimum absolute atomic E-state index is 0.234. The highest BCUT2D eigenvalue weighted by Gasteiger charge is 2.32. The molecule has 3 nitrogen and oxygen atoms in total. The third-order valence-corrected chi connectivity index (χ3v) is 3.65. The number of carbonyl (C=O) groups excluding carboxylic acids is 1. The molecule has 0 radical (unpaired) electrons. The average Bonchev–Trinajstić information content (AvgIpc) is 2.65. The molecule has 14 heavy (non-hydrogen) atoms. The summed E-state index contributed by atoms with van der Waals surface area (Å²) in [7, 11) is 2.13. The summed E-state index contributed by atoms with van der Waals surface area (Å²) < 4.78 is 0. The van der Waals surface area contributed by atoms with E-state index < -0.39 is 0 Å². The smallest absolute Gasteiger partial charge is 0.149 e. The van der Waals surface area contributed by atoms with Gasteiger partial charge in [0.25, 0.3) is 0 Å². The van der Waals surface area contributed by atoms with Gasteiger partial charge in [-0.15, -0.1) is 0 Å². The van der Waals surface area contributed by atoms with Crippen LogP contribution in [0.2, 0.25) is 0 Å². The fraction of sp³-hybridized carbons (Fsp3) is 0.909. The quantitative estimate of drug-likeness (QED) is 0.709. The maximum atomic E-state index is 11.6. The second-order valence-electron chi connectivity index (χ2n) is 4.52. The van der Waals surface area contributed by atoms with E-state index in [2.05, 4.69) is 17.3 Å². The lowest BCUT2D eigenvalue weighted by Gasteiger charge is -2.34. The van der Waals surface area contributed by atoms with Crippen LogP contribution in [0, 0.1) is 0 Å². The predicted octanol–water partition coefficient (Wildman–Crippen LogP) is 0.792. The fourth-order valence-electron chi connectivity index (χ4n) is 2.70. The van der Waals surface area contributed by atoms with Crippen molar-refractivity contribution < 1.29 is 4.79 Å². The Morgan fingerprint density at radius 1 is 1.29 bits per heavy atom. The summed E-state index contributed by atoms with van der Waals surface area (Å²) in [6.45, 7) is 2.21. The third-order valence-electron chi connectivity index (χ3n) is 3.65. The van der Waals surface area contributed by atoms with E-state index in [1.54, 1.807) is 0 Å². The summed E-state index contributed by atoms with van der Waals surface area (Å²) in [5.41, 5.74) is 0. The first-order valence-electron chi connectivity index (χ1n) is 5.74. The zero-order valence-electron chi connectivity index (χ0n) is 8.96. The van der Waals surface area contributed by atoms with Crippen molar-refractivity contribution in [2.45, 2.75) is 44.2 Å². The lowest BCUT2D eigenvalue weighted by molar-refractivity contribution is -0.122. The van der Waals surface area contributed by atoms with Gasteiger partial charge in [-0.1, -0.05) is 0 Å². The lowest BCUT2D eigenvalue weighted by atomic mass is 10.0. The van der Waals surface area contributed by atoms with Crippen LogP contribution < -0.4 is 5.32 Å². The first-order chi connectivity index (χ1) is 6.79. The number of likely N-dealkylation sites (N-methyl/N-ethyl adjacent to an activating group) is 1. The van der Waals surface area contributed by atoms with Gasteiger partial charge < -0.3 is 5.32 Å². The average molecular weight is 196 g/mol. The van der Waals surface area contributed by atoms with E-state index in [1.807, 2.05) is 0 Å². The van der Waals surface area contributed by atoms with Crippen LogP contribution in [0.25, 0.3) is 0 Å². The van der Waals surface area contributed by atoms with E-state index in [-0.39, 0.29) is 6.04 Å². The van der Waals surface area contributed by atoms with Crippen LogP contribution in [0.15, 0.2) is 0 Å². The Kier molecular flexibility index (Phi) is 3.19. The normalized spacial score (nSPS) is 30.1. The topological polar surface area (TPSA) is 32.3 Å². The van der Waals surface area contributed by atoms with Gasteiger partial charge in [-0.3, -0.25) is 9.69 Å². The highest BCUT2D eigenvalue weighted by molar-refractivity contribution is 5.85. The molecule has 1 unspecified atom stereocenters. The summed E-state index contributed by atoms with van der Waals surface area (Å²) in [6, 6.07) is 0.862. The molecule has 0 aromatic carbocycles. The predicted molar refractivity (Wildman–Crippen MR) is 56.3 cm³/mol. The molecule has 1 N–H and O–H groups in total. The van der Waals surface area contributed by atoms with Crippen molar-refractivity contribution in [1.82, 2.24) is 10.2 Å². The molecule has 0 amide bonds. The number of nitrogens with one attached hydrogen (secondary N) is 1. The van der Waals surface area contributed by atoms with Crippen LogP contribution in [0.4, 0.5) is 0 Å². The molecule has 1 atom stereocenters. The van der Waals surface area contributed by atoms with Gasteiger partial charge >= 0.3 is 0 Å². The van der Waals surface area contributed by atoms with E-state index in [1.165, 1.54) is 12.8 Å². The minimum atomic E-state index is 0.234. The number of nitrogens with zero attached hydrogens (tertiary/aromatic N) is 1. The molecule has 2 aliphatic rings. The standard InChI is InChI=1S/C11H20N2O/c1-13(9-5-7-12-8-6-9)10-3-2-4-11(10)14/h9-10,12H,2-8H2,1H3. The maximum Gasteiger partial charge on any atom is 0.149 e. The molecular formula is C11H20N2O. The zero-order chi connectivity index (χ0) is 9.97. The van der Waals surface area contributed by atoms with Gasteiger partial charge in [0.1, 0.15) is 5.78 Å². The second-order valence-corrected chi connectivity index (χ2v) is 4.52. The fourth-order valence-corrected chi connectivity index (χ4v) is 2.70. The van der Waals surface area contributed by atoms with Crippen LogP contribution in [0.3, 0.4) is 0 Å². The van der Waals surface area contributed by atoms with Crippen molar-refractivity contribution in [3.05, 3.63) is 0 Å². The SMILES string of the molecule is CN(C1CCNCC1)C1CCCC1=O. The molecule has 1 saturated heterocycles. The van der Waals surface area contributed by atoms with Crippen molar-refractivity contribution in [3.8, 4) is 0 Å². The van der Waals surface area contributed by atoms with Crippen LogP contribution in [0.1, 0.15) is 32.1 Å². The second kappa shape index (κ2) is 4.41. The molecule has 2 rings (SSSR count). The molecule has 0 spiro atoms. The molecule has 0 aromatic heterocycles. The Bertz CT molecular complexity index is 211. The molecule has 2 fully saturated rings. The van der Waals surface area contributed by atoms with Crippen LogP contribution in [-0.2, 0) is 4.79 Å². The van der Waals surface area contributed by atoms with Crippen molar-refractivity contribution >= 4 is 5.78 Å². The molecule has 0 aromatic rings. The molecule has 1 aliphatic heterocycles. The monoisotopic (exact) mass is 196 g/mol. The zero-order valence-corrected chi connectivity index (χ0v) is 8.96. The molecule has 1 saturated carbocycles. The Hall–Kier alpha value is -0.410. The number of hydrogen-bond donors (Lipinski definition) is 1. The first-order valence-corrected chi connectivity index (χ1v) is 5.74. The van der Waals surface area contributed by atoms with Gasteiger partial charge in [0.2, 0.25) is 0 Å².